The van der Waals surface area contributed by atoms with E-state index in [0.29, 0.717) is 36.3 Å². The smallest absolute Gasteiger partial charge is 0.414 e. The Morgan fingerprint density at radius 1 is 1.05 bits per heavy atom. The minimum atomic E-state index is -0.617. The second-order valence-electron chi connectivity index (χ2n) is 9.01. The molecule has 1 atom stereocenters. The zero-order valence-corrected chi connectivity index (χ0v) is 21.6. The van der Waals surface area contributed by atoms with E-state index in [1.165, 1.54) is 12.7 Å². The summed E-state index contributed by atoms with van der Waals surface area (Å²) in [4.78, 5) is 2.29. The lowest BCUT2D eigenvalue weighted by Gasteiger charge is -2.33. The number of β-amino-alcohol motifs (C(OH)–C–C–N with tert-alkyl or cyclic N) is 1. The van der Waals surface area contributed by atoms with Gasteiger partial charge < -0.3 is 43.3 Å². The topological polar surface area (TPSA) is 144 Å². The lowest BCUT2D eigenvalue weighted by atomic mass is 9.89. The van der Waals surface area contributed by atoms with Crippen LogP contribution in [0, 0.1) is 0 Å². The number of aliphatic hydroxyl groups is 1. The first kappa shape index (κ1) is 27.5. The van der Waals surface area contributed by atoms with Crippen molar-refractivity contribution in [1.82, 2.24) is 15.1 Å². The highest BCUT2D eigenvalue weighted by Crippen LogP contribution is 2.37. The van der Waals surface area contributed by atoms with Crippen molar-refractivity contribution in [3.8, 4) is 35.0 Å². The normalized spacial score (nSPS) is 16.1. The molecule has 12 heteroatoms. The molecule has 2 aromatic heterocycles. The molecule has 0 aliphatic carbocycles. The van der Waals surface area contributed by atoms with Gasteiger partial charge >= 0.3 is 6.08 Å². The molecule has 6 rings (SSSR count). The van der Waals surface area contributed by atoms with Gasteiger partial charge in [-0.15, -0.1) is 17.5 Å². The molecule has 1 saturated heterocycles. The van der Waals surface area contributed by atoms with Crippen LogP contribution in [0.15, 0.2) is 51.3 Å². The van der Waals surface area contributed by atoms with E-state index in [0.717, 1.165) is 42.8 Å². The van der Waals surface area contributed by atoms with Crippen LogP contribution in [-0.4, -0.2) is 71.9 Å². The fraction of sp³-hybridized carbons (Fsp3) is 0.385. The summed E-state index contributed by atoms with van der Waals surface area (Å²) in [6.07, 6.45) is 1.51. The fourth-order valence-electron chi connectivity index (χ4n) is 4.81. The standard InChI is InChI=1S/C26H27N3O7.ClH.H2O/c1-31-26-28-27-25(36-26)24-12-19-20(3-2-4-21(19)35-24)32-14-18(30)13-29-9-7-16(8-10-29)17-5-6-22-23(11-17)34-15-33-22;;/h2-6,11-12,16,18,30H,7-10,13-15H2,1H3;1H;1H2/t18-;;/m0../s1. The van der Waals surface area contributed by atoms with Crippen LogP contribution in [0.1, 0.15) is 24.3 Å². The summed E-state index contributed by atoms with van der Waals surface area (Å²) in [6.45, 7) is 2.87. The van der Waals surface area contributed by atoms with Crippen LogP contribution in [0.2, 0.25) is 0 Å². The SMILES string of the molecule is COc1nnc(-c2cc3c(OC[C@@H](O)CN4CCC(c5ccc6c(c5)OCO6)CC4)cccc3o2)o1.Cl.O. The number of nitrogens with zero attached hydrogens (tertiary/aromatic N) is 3. The summed E-state index contributed by atoms with van der Waals surface area (Å²) in [5.41, 5.74) is 1.91. The molecule has 4 heterocycles. The van der Waals surface area contributed by atoms with Crippen molar-refractivity contribution in [2.24, 2.45) is 0 Å². The van der Waals surface area contributed by atoms with Crippen molar-refractivity contribution in [2.75, 3.05) is 40.1 Å². The maximum Gasteiger partial charge on any atom is 0.414 e. The first-order valence-electron chi connectivity index (χ1n) is 12.0. The molecular weight excluding hydrogens is 518 g/mol. The number of furan rings is 1. The van der Waals surface area contributed by atoms with Crippen molar-refractivity contribution in [2.45, 2.75) is 24.9 Å². The second-order valence-corrected chi connectivity index (χ2v) is 9.01. The quantitative estimate of drug-likeness (QED) is 0.348. The molecule has 0 bridgehead atoms. The molecule has 0 saturated carbocycles. The number of ether oxygens (including phenoxy) is 4. The van der Waals surface area contributed by atoms with Crippen LogP contribution >= 0.6 is 12.4 Å². The lowest BCUT2D eigenvalue weighted by Crippen LogP contribution is -2.40. The molecule has 2 aliphatic rings. The van der Waals surface area contributed by atoms with Gasteiger partial charge in [-0.25, -0.2) is 0 Å². The highest BCUT2D eigenvalue weighted by molar-refractivity contribution is 5.87. The van der Waals surface area contributed by atoms with Crippen molar-refractivity contribution in [3.63, 3.8) is 0 Å². The Labute approximate surface area is 225 Å². The van der Waals surface area contributed by atoms with Crippen LogP contribution in [0.3, 0.4) is 0 Å². The number of rotatable bonds is 8. The van der Waals surface area contributed by atoms with Crippen LogP contribution in [0.4, 0.5) is 0 Å². The number of halogens is 1. The third-order valence-corrected chi connectivity index (χ3v) is 6.67. The van der Waals surface area contributed by atoms with E-state index < -0.39 is 6.10 Å². The van der Waals surface area contributed by atoms with Gasteiger partial charge in [0.25, 0.3) is 5.89 Å². The van der Waals surface area contributed by atoms with Crippen molar-refractivity contribution in [1.29, 1.82) is 0 Å². The largest absolute Gasteiger partial charge is 0.490 e. The minimum absolute atomic E-state index is 0. The third kappa shape index (κ3) is 5.65. The molecule has 4 aromatic rings. The molecule has 2 aromatic carbocycles. The predicted octanol–water partition coefficient (Wildman–Crippen LogP) is 3.44. The van der Waals surface area contributed by atoms with Gasteiger partial charge in [0.15, 0.2) is 17.3 Å². The average molecular weight is 548 g/mol. The highest BCUT2D eigenvalue weighted by atomic mass is 35.5. The Balaban J connectivity index is 0.00000168. The fourth-order valence-corrected chi connectivity index (χ4v) is 4.81. The zero-order chi connectivity index (χ0) is 24.5. The number of likely N-dealkylation sites (tertiary alicyclic amines) is 1. The molecule has 0 radical (unpaired) electrons. The molecule has 11 nitrogen and oxygen atoms in total. The average Bonchev–Trinajstić information content (AvgIpc) is 3.66. The van der Waals surface area contributed by atoms with E-state index >= 15 is 0 Å². The first-order valence-corrected chi connectivity index (χ1v) is 12.0. The molecule has 3 N–H and O–H groups in total. The molecule has 38 heavy (non-hydrogen) atoms. The van der Waals surface area contributed by atoms with Gasteiger partial charge in [-0.2, -0.15) is 0 Å². The van der Waals surface area contributed by atoms with E-state index in [-0.39, 0.29) is 36.5 Å². The number of benzene rings is 2. The Hall–Kier alpha value is -3.51. The Morgan fingerprint density at radius 2 is 1.87 bits per heavy atom. The maximum atomic E-state index is 10.7. The van der Waals surface area contributed by atoms with Gasteiger partial charge in [-0.3, -0.25) is 0 Å². The van der Waals surface area contributed by atoms with Gasteiger partial charge in [0, 0.05) is 12.6 Å². The van der Waals surface area contributed by atoms with Crippen molar-refractivity contribution >= 4 is 23.4 Å². The molecule has 204 valence electrons. The number of fused-ring (bicyclic) bond motifs is 2. The van der Waals surface area contributed by atoms with Crippen molar-refractivity contribution in [3.05, 3.63) is 48.0 Å². The summed E-state index contributed by atoms with van der Waals surface area (Å²) in [7, 11) is 1.45. The molecule has 0 unspecified atom stereocenters. The van der Waals surface area contributed by atoms with Crippen molar-refractivity contribution < 1.29 is 38.4 Å². The highest BCUT2D eigenvalue weighted by Gasteiger charge is 2.24. The number of aliphatic hydroxyl groups excluding tert-OH is 1. The van der Waals surface area contributed by atoms with Gasteiger partial charge in [-0.1, -0.05) is 17.2 Å². The lowest BCUT2D eigenvalue weighted by molar-refractivity contribution is 0.0599. The molecule has 2 aliphatic heterocycles. The molecule has 0 spiro atoms. The number of piperidine rings is 1. The summed E-state index contributed by atoms with van der Waals surface area (Å²) >= 11 is 0. The van der Waals surface area contributed by atoms with Gasteiger partial charge in [-0.05, 0) is 61.7 Å². The summed E-state index contributed by atoms with van der Waals surface area (Å²) in [5, 5.41) is 19.1. The van der Waals surface area contributed by atoms with Crippen LogP contribution in [0.5, 0.6) is 23.3 Å². The van der Waals surface area contributed by atoms with Gasteiger partial charge in [0.05, 0.1) is 12.5 Å². The van der Waals surface area contributed by atoms with E-state index in [4.69, 9.17) is 27.8 Å². The zero-order valence-electron chi connectivity index (χ0n) is 20.8. The van der Waals surface area contributed by atoms with E-state index in [1.807, 2.05) is 24.3 Å². The van der Waals surface area contributed by atoms with E-state index in [9.17, 15) is 5.11 Å². The Kier molecular flexibility index (Phi) is 8.62. The predicted molar refractivity (Wildman–Crippen MR) is 139 cm³/mol. The van der Waals surface area contributed by atoms with E-state index in [1.54, 1.807) is 6.07 Å². The Bertz CT molecular complexity index is 1350. The molecule has 0 amide bonds. The Morgan fingerprint density at radius 3 is 2.66 bits per heavy atom. The second kappa shape index (κ2) is 11.9. The third-order valence-electron chi connectivity index (χ3n) is 6.67. The monoisotopic (exact) mass is 547 g/mol. The van der Waals surface area contributed by atoms with Crippen LogP contribution in [0.25, 0.3) is 22.6 Å². The maximum absolute atomic E-state index is 10.7. The number of methoxy groups -OCH3 is 1. The van der Waals surface area contributed by atoms with Gasteiger partial charge in [0.1, 0.15) is 24.0 Å². The number of hydrogen-bond donors (Lipinski definition) is 1. The minimum Gasteiger partial charge on any atom is -0.490 e. The van der Waals surface area contributed by atoms with Gasteiger partial charge in [0.2, 0.25) is 6.79 Å². The summed E-state index contributed by atoms with van der Waals surface area (Å²) in [5.74, 6) is 3.39. The summed E-state index contributed by atoms with van der Waals surface area (Å²) in [6, 6.07) is 13.5. The van der Waals surface area contributed by atoms with Crippen LogP contribution < -0.4 is 18.9 Å². The number of hydrogen-bond acceptors (Lipinski definition) is 10. The van der Waals surface area contributed by atoms with Crippen LogP contribution in [-0.2, 0) is 0 Å². The molecule has 1 fully saturated rings. The first-order chi connectivity index (χ1) is 17.7. The molecular formula is C26H30ClN3O8. The van der Waals surface area contributed by atoms with E-state index in [2.05, 4.69) is 27.2 Å². The number of aromatic nitrogens is 2. The summed E-state index contributed by atoms with van der Waals surface area (Å²) < 4.78 is 33.1.